The summed E-state index contributed by atoms with van der Waals surface area (Å²) in [5, 5.41) is 3.07. The first-order valence-electron chi connectivity index (χ1n) is 11.0. The normalized spacial score (nSPS) is 11.0. The maximum atomic E-state index is 11.6. The van der Waals surface area contributed by atoms with Gasteiger partial charge in [-0.2, -0.15) is 0 Å². The largest absolute Gasteiger partial charge is 0.493 e. The Morgan fingerprint density at radius 3 is 2.69 bits per heavy atom. The van der Waals surface area contributed by atoms with E-state index in [1.165, 1.54) is 5.56 Å². The standard InChI is InChI=1S/C26H31N2O4/c1-19(2)31-26(29)18-27-17-22-10-7-11-23(16-22)30-15-14-24-20(3)32-25(28-24)13-12-21-8-5-4-6-9-21/h4-11,19,27H,12-15,17-18H2,1-3H3. The third-order valence-electron chi connectivity index (χ3n) is 4.78. The summed E-state index contributed by atoms with van der Waals surface area (Å²) < 4.78 is 16.8. The number of esters is 1. The molecule has 0 aliphatic rings. The molecule has 1 aromatic heterocycles. The molecule has 1 N–H and O–H groups in total. The lowest BCUT2D eigenvalue weighted by atomic mass is 10.1. The highest BCUT2D eigenvalue weighted by atomic mass is 16.5. The zero-order valence-electron chi connectivity index (χ0n) is 19.0. The summed E-state index contributed by atoms with van der Waals surface area (Å²) in [6, 6.07) is 19.3. The van der Waals surface area contributed by atoms with Gasteiger partial charge in [0.15, 0.2) is 5.89 Å². The quantitative estimate of drug-likeness (QED) is 0.429. The van der Waals surface area contributed by atoms with E-state index in [2.05, 4.69) is 28.5 Å². The summed E-state index contributed by atoms with van der Waals surface area (Å²) in [5.41, 5.74) is 3.12. The molecule has 0 saturated heterocycles. The summed E-state index contributed by atoms with van der Waals surface area (Å²) in [5.74, 6) is 2.00. The fourth-order valence-electron chi connectivity index (χ4n) is 3.26. The highest BCUT2D eigenvalue weighted by Crippen LogP contribution is 2.16. The van der Waals surface area contributed by atoms with Gasteiger partial charge < -0.3 is 19.2 Å². The molecule has 1 radical (unpaired) electrons. The first-order chi connectivity index (χ1) is 15.5. The van der Waals surface area contributed by atoms with Gasteiger partial charge in [-0.15, -0.1) is 0 Å². The lowest BCUT2D eigenvalue weighted by molar-refractivity contribution is -0.146. The second kappa shape index (κ2) is 12.1. The second-order valence-electron chi connectivity index (χ2n) is 7.88. The van der Waals surface area contributed by atoms with Gasteiger partial charge in [-0.1, -0.05) is 42.5 Å². The molecule has 6 nitrogen and oxygen atoms in total. The number of aromatic nitrogens is 1. The Labute approximate surface area is 190 Å². The highest BCUT2D eigenvalue weighted by molar-refractivity contribution is 5.71. The zero-order chi connectivity index (χ0) is 22.8. The first-order valence-corrected chi connectivity index (χ1v) is 11.0. The van der Waals surface area contributed by atoms with Gasteiger partial charge in [0.1, 0.15) is 11.5 Å². The Bertz CT molecular complexity index is 983. The number of hydrogen-bond acceptors (Lipinski definition) is 6. The van der Waals surface area contributed by atoms with Crippen LogP contribution in [0.4, 0.5) is 0 Å². The Balaban J connectivity index is 1.42. The van der Waals surface area contributed by atoms with Gasteiger partial charge in [0, 0.05) is 25.5 Å². The molecule has 32 heavy (non-hydrogen) atoms. The van der Waals surface area contributed by atoms with E-state index in [0.29, 0.717) is 25.3 Å². The van der Waals surface area contributed by atoms with Crippen LogP contribution in [-0.4, -0.2) is 30.2 Å². The van der Waals surface area contributed by atoms with Crippen LogP contribution in [0.5, 0.6) is 5.75 Å². The lowest BCUT2D eigenvalue weighted by Gasteiger charge is -2.10. The monoisotopic (exact) mass is 435 g/mol. The molecular formula is C26H31N2O4. The summed E-state index contributed by atoms with van der Waals surface area (Å²) in [4.78, 5) is 16.2. The minimum absolute atomic E-state index is 0.110. The van der Waals surface area contributed by atoms with Gasteiger partial charge in [0.05, 0.1) is 24.9 Å². The Hall–Kier alpha value is -3.12. The Morgan fingerprint density at radius 1 is 1.09 bits per heavy atom. The first kappa shape index (κ1) is 23.5. The molecule has 0 atom stereocenters. The predicted octanol–water partition coefficient (Wildman–Crippen LogP) is 4.23. The lowest BCUT2D eigenvalue weighted by Crippen LogP contribution is -2.26. The summed E-state index contributed by atoms with van der Waals surface area (Å²) in [6.45, 7) is 6.76. The van der Waals surface area contributed by atoms with E-state index in [4.69, 9.17) is 13.9 Å². The van der Waals surface area contributed by atoms with E-state index in [1.807, 2.05) is 57.2 Å². The predicted molar refractivity (Wildman–Crippen MR) is 123 cm³/mol. The molecule has 0 spiro atoms. The number of benzene rings is 2. The van der Waals surface area contributed by atoms with E-state index in [1.54, 1.807) is 0 Å². The average Bonchev–Trinajstić information content (AvgIpc) is 3.12. The number of aryl methyl sites for hydroxylation is 3. The smallest absolute Gasteiger partial charge is 0.320 e. The number of nitrogens with one attached hydrogen (secondary N) is 1. The molecule has 3 rings (SSSR count). The minimum atomic E-state index is -0.265. The maximum Gasteiger partial charge on any atom is 0.320 e. The van der Waals surface area contributed by atoms with Crippen LogP contribution in [0.3, 0.4) is 0 Å². The number of oxazole rings is 1. The second-order valence-corrected chi connectivity index (χ2v) is 7.88. The van der Waals surface area contributed by atoms with Crippen LogP contribution in [0, 0.1) is 13.0 Å². The van der Waals surface area contributed by atoms with Crippen molar-refractivity contribution in [3.63, 3.8) is 0 Å². The van der Waals surface area contributed by atoms with Gasteiger partial charge in [0.2, 0.25) is 0 Å². The molecule has 0 unspecified atom stereocenters. The molecule has 6 heteroatoms. The van der Waals surface area contributed by atoms with Gasteiger partial charge in [-0.05, 0) is 44.4 Å². The van der Waals surface area contributed by atoms with Crippen molar-refractivity contribution in [3.8, 4) is 5.75 Å². The van der Waals surface area contributed by atoms with Crippen molar-refractivity contribution >= 4 is 5.97 Å². The number of carbonyl (C=O) groups excluding carboxylic acids is 1. The minimum Gasteiger partial charge on any atom is -0.493 e. The van der Waals surface area contributed by atoms with E-state index in [-0.39, 0.29) is 18.6 Å². The van der Waals surface area contributed by atoms with Crippen molar-refractivity contribution in [2.45, 2.75) is 52.7 Å². The molecule has 0 bridgehead atoms. The summed E-state index contributed by atoms with van der Waals surface area (Å²) in [7, 11) is 0. The zero-order valence-corrected chi connectivity index (χ0v) is 19.0. The molecule has 169 valence electrons. The van der Waals surface area contributed by atoms with Crippen LogP contribution in [0.25, 0.3) is 0 Å². The molecule has 2 aromatic carbocycles. The fourth-order valence-corrected chi connectivity index (χ4v) is 3.26. The van der Waals surface area contributed by atoms with E-state index < -0.39 is 0 Å². The van der Waals surface area contributed by atoms with Crippen LogP contribution in [0.1, 0.15) is 42.3 Å². The molecule has 0 fully saturated rings. The van der Waals surface area contributed by atoms with Crippen molar-refractivity contribution in [1.29, 1.82) is 0 Å². The molecule has 0 saturated carbocycles. The van der Waals surface area contributed by atoms with Crippen LogP contribution < -0.4 is 10.1 Å². The number of ether oxygens (including phenoxy) is 2. The van der Waals surface area contributed by atoms with E-state index in [0.717, 1.165) is 35.7 Å². The SMILES string of the molecule is Cc1oc(CCc2ccccc2)nc1CCOc1[c]c(CNCC(=O)OC(C)C)ccc1. The average molecular weight is 436 g/mol. The summed E-state index contributed by atoms with van der Waals surface area (Å²) >= 11 is 0. The molecule has 0 amide bonds. The Kier molecular flexibility index (Phi) is 8.87. The van der Waals surface area contributed by atoms with Crippen LogP contribution >= 0.6 is 0 Å². The third-order valence-corrected chi connectivity index (χ3v) is 4.78. The Morgan fingerprint density at radius 2 is 1.91 bits per heavy atom. The molecular weight excluding hydrogens is 404 g/mol. The topological polar surface area (TPSA) is 73.6 Å². The molecule has 0 aliphatic heterocycles. The van der Waals surface area contributed by atoms with Crippen molar-refractivity contribution in [3.05, 3.63) is 83.1 Å². The van der Waals surface area contributed by atoms with Crippen molar-refractivity contribution in [2.24, 2.45) is 0 Å². The number of carbonyl (C=O) groups is 1. The summed E-state index contributed by atoms with van der Waals surface area (Å²) in [6.07, 6.45) is 2.24. The fraction of sp³-hybridized carbons (Fsp3) is 0.385. The number of nitrogens with zero attached hydrogens (tertiary/aromatic N) is 1. The van der Waals surface area contributed by atoms with E-state index >= 15 is 0 Å². The van der Waals surface area contributed by atoms with Crippen molar-refractivity contribution < 1.29 is 18.7 Å². The third kappa shape index (κ3) is 7.85. The number of hydrogen-bond donors (Lipinski definition) is 1. The maximum absolute atomic E-state index is 11.6. The van der Waals surface area contributed by atoms with Gasteiger partial charge in [-0.3, -0.25) is 4.79 Å². The molecule has 1 heterocycles. The number of rotatable bonds is 12. The van der Waals surface area contributed by atoms with Crippen molar-refractivity contribution in [1.82, 2.24) is 10.3 Å². The van der Waals surface area contributed by atoms with Gasteiger partial charge in [-0.25, -0.2) is 4.98 Å². The van der Waals surface area contributed by atoms with Gasteiger partial charge >= 0.3 is 5.97 Å². The molecule has 3 aromatic rings. The van der Waals surface area contributed by atoms with Crippen LogP contribution in [0.2, 0.25) is 0 Å². The highest BCUT2D eigenvalue weighted by Gasteiger charge is 2.10. The van der Waals surface area contributed by atoms with Gasteiger partial charge in [0.25, 0.3) is 0 Å². The van der Waals surface area contributed by atoms with E-state index in [9.17, 15) is 4.79 Å². The van der Waals surface area contributed by atoms with Crippen LogP contribution in [0.15, 0.2) is 52.9 Å². The molecule has 0 aliphatic carbocycles. The van der Waals surface area contributed by atoms with Crippen LogP contribution in [-0.2, 0) is 35.3 Å². The van der Waals surface area contributed by atoms with Crippen molar-refractivity contribution in [2.75, 3.05) is 13.2 Å².